The molecule has 1 N–H and O–H groups in total. The third-order valence-electron chi connectivity index (χ3n) is 5.66. The monoisotopic (exact) mass is 486 g/mol. The molecule has 2 heterocycles. The van der Waals surface area contributed by atoms with Gasteiger partial charge < -0.3 is 19.5 Å². The number of aromatic nitrogens is 2. The molecule has 0 saturated carbocycles. The van der Waals surface area contributed by atoms with Crippen molar-refractivity contribution >= 4 is 11.6 Å². The molecule has 35 heavy (non-hydrogen) atoms. The second-order valence-corrected chi connectivity index (χ2v) is 8.22. The smallest absolute Gasteiger partial charge is 0.262 e. The van der Waals surface area contributed by atoms with Crippen LogP contribution in [0, 0.1) is 18.6 Å². The molecular weight excluding hydrogens is 458 g/mol. The van der Waals surface area contributed by atoms with Gasteiger partial charge in [-0.25, -0.2) is 8.78 Å². The Bertz CT molecular complexity index is 1160. The summed E-state index contributed by atoms with van der Waals surface area (Å²) in [6.07, 6.45) is 1.77. The van der Waals surface area contributed by atoms with E-state index in [1.54, 1.807) is 23.0 Å². The molecule has 0 unspecified atom stereocenters. The van der Waals surface area contributed by atoms with Gasteiger partial charge in [0, 0.05) is 44.0 Å². The van der Waals surface area contributed by atoms with Crippen molar-refractivity contribution in [3.63, 3.8) is 0 Å². The third kappa shape index (κ3) is 6.34. The van der Waals surface area contributed by atoms with Gasteiger partial charge in [-0.05, 0) is 42.8 Å². The molecule has 0 bridgehead atoms. The van der Waals surface area contributed by atoms with Crippen LogP contribution in [-0.2, 0) is 16.6 Å². The summed E-state index contributed by atoms with van der Waals surface area (Å²) < 4.78 is 45.3. The number of carbonyl (C=O) groups is 1. The van der Waals surface area contributed by atoms with Crippen molar-refractivity contribution in [1.82, 2.24) is 14.7 Å². The van der Waals surface area contributed by atoms with E-state index in [0.717, 1.165) is 61.8 Å². The van der Waals surface area contributed by atoms with E-state index in [-0.39, 0.29) is 5.75 Å². The molecule has 0 spiro atoms. The first kappa shape index (κ1) is 24.6. The number of hydrogen-bond donors (Lipinski definition) is 1. The molecule has 1 amide bonds. The van der Waals surface area contributed by atoms with Gasteiger partial charge in [0.1, 0.15) is 18.2 Å². The van der Waals surface area contributed by atoms with Crippen LogP contribution in [0.2, 0.25) is 0 Å². The number of ether oxygens (including phenoxy) is 3. The molecule has 3 aromatic rings. The average Bonchev–Trinajstić information content (AvgIpc) is 3.17. The zero-order chi connectivity index (χ0) is 24.8. The van der Waals surface area contributed by atoms with Crippen molar-refractivity contribution in [2.75, 3.05) is 51.4 Å². The van der Waals surface area contributed by atoms with E-state index in [0.29, 0.717) is 24.1 Å². The number of hydrogen-bond acceptors (Lipinski definition) is 6. The zero-order valence-electron chi connectivity index (χ0n) is 19.7. The summed E-state index contributed by atoms with van der Waals surface area (Å²) >= 11 is 0. The molecule has 1 saturated heterocycles. The minimum absolute atomic E-state index is 0.197. The molecule has 0 radical (unpaired) electrons. The highest BCUT2D eigenvalue weighted by Gasteiger charge is 2.17. The van der Waals surface area contributed by atoms with Crippen LogP contribution in [0.4, 0.5) is 14.5 Å². The number of nitrogens with zero attached hydrogens (tertiary/aromatic N) is 3. The van der Waals surface area contributed by atoms with E-state index in [4.69, 9.17) is 14.2 Å². The number of amides is 1. The van der Waals surface area contributed by atoms with Crippen LogP contribution in [0.3, 0.4) is 0 Å². The molecular formula is C25H28F2N4O4. The van der Waals surface area contributed by atoms with E-state index >= 15 is 0 Å². The Balaban J connectivity index is 1.45. The highest BCUT2D eigenvalue weighted by atomic mass is 19.1. The minimum Gasteiger partial charge on any atom is -0.492 e. The summed E-state index contributed by atoms with van der Waals surface area (Å²) in [5.74, 6) is -1.60. The van der Waals surface area contributed by atoms with Crippen LogP contribution in [0.5, 0.6) is 11.5 Å². The first-order valence-electron chi connectivity index (χ1n) is 11.3. The predicted molar refractivity (Wildman–Crippen MR) is 127 cm³/mol. The Morgan fingerprint density at radius 2 is 1.89 bits per heavy atom. The van der Waals surface area contributed by atoms with Gasteiger partial charge in [-0.3, -0.25) is 14.4 Å². The lowest BCUT2D eigenvalue weighted by Gasteiger charge is -2.26. The van der Waals surface area contributed by atoms with Gasteiger partial charge in [0.2, 0.25) is 0 Å². The van der Waals surface area contributed by atoms with Gasteiger partial charge in [-0.1, -0.05) is 0 Å². The number of benzene rings is 2. The van der Waals surface area contributed by atoms with Crippen LogP contribution in [0.15, 0.2) is 42.6 Å². The quantitative estimate of drug-likeness (QED) is 0.500. The Kier molecular flexibility index (Phi) is 7.94. The standard InChI is InChI=1S/C25H28F2N4O4/c1-17-15-28-30(2)25(17)20-14-19(4-6-22(20)34-12-9-31-7-10-33-11-8-31)29-24(32)16-35-23-5-3-18(26)13-21(23)27/h3-6,13-15H,7-12,16H2,1-2H3,(H,29,32). The lowest BCUT2D eigenvalue weighted by atomic mass is 10.1. The Morgan fingerprint density at radius 3 is 2.60 bits per heavy atom. The van der Waals surface area contributed by atoms with Gasteiger partial charge >= 0.3 is 0 Å². The first-order chi connectivity index (χ1) is 16.9. The number of morpholine rings is 1. The van der Waals surface area contributed by atoms with E-state index < -0.39 is 24.1 Å². The predicted octanol–water partition coefficient (Wildman–Crippen LogP) is 3.40. The maximum atomic E-state index is 13.8. The Morgan fingerprint density at radius 1 is 1.11 bits per heavy atom. The van der Waals surface area contributed by atoms with Crippen LogP contribution in [-0.4, -0.2) is 66.6 Å². The first-order valence-corrected chi connectivity index (χ1v) is 11.3. The van der Waals surface area contributed by atoms with Crippen molar-refractivity contribution in [2.45, 2.75) is 6.92 Å². The summed E-state index contributed by atoms with van der Waals surface area (Å²) in [4.78, 5) is 14.7. The number of halogens is 2. The molecule has 1 aliphatic heterocycles. The molecule has 2 aromatic carbocycles. The van der Waals surface area contributed by atoms with Crippen molar-refractivity contribution in [2.24, 2.45) is 7.05 Å². The van der Waals surface area contributed by atoms with Crippen LogP contribution in [0.25, 0.3) is 11.3 Å². The molecule has 186 valence electrons. The van der Waals surface area contributed by atoms with Crippen molar-refractivity contribution in [3.05, 3.63) is 59.8 Å². The summed E-state index contributed by atoms with van der Waals surface area (Å²) in [5, 5.41) is 7.08. The Hall–Kier alpha value is -3.50. The molecule has 10 heteroatoms. The molecule has 8 nitrogen and oxygen atoms in total. The second kappa shape index (κ2) is 11.3. The van der Waals surface area contributed by atoms with Crippen molar-refractivity contribution < 1.29 is 27.8 Å². The number of carbonyl (C=O) groups excluding carboxylic acids is 1. The van der Waals surface area contributed by atoms with Gasteiger partial charge in [0.15, 0.2) is 18.2 Å². The fourth-order valence-corrected chi connectivity index (χ4v) is 3.89. The lowest BCUT2D eigenvalue weighted by molar-refractivity contribution is -0.118. The van der Waals surface area contributed by atoms with Gasteiger partial charge in [0.05, 0.1) is 25.1 Å². The number of aryl methyl sites for hydroxylation is 2. The SMILES string of the molecule is Cc1cnn(C)c1-c1cc(NC(=O)COc2ccc(F)cc2F)ccc1OCCN1CCOCC1. The summed E-state index contributed by atoms with van der Waals surface area (Å²) in [6, 6.07) is 8.26. The highest BCUT2D eigenvalue weighted by Crippen LogP contribution is 2.34. The van der Waals surface area contributed by atoms with Crippen LogP contribution < -0.4 is 14.8 Å². The summed E-state index contributed by atoms with van der Waals surface area (Å²) in [5.41, 5.74) is 3.14. The summed E-state index contributed by atoms with van der Waals surface area (Å²) in [7, 11) is 1.84. The maximum absolute atomic E-state index is 13.8. The second-order valence-electron chi connectivity index (χ2n) is 8.22. The van der Waals surface area contributed by atoms with Crippen LogP contribution in [0.1, 0.15) is 5.56 Å². The average molecular weight is 487 g/mol. The number of nitrogens with one attached hydrogen (secondary N) is 1. The molecule has 4 rings (SSSR count). The largest absolute Gasteiger partial charge is 0.492 e. The Labute approximate surface area is 202 Å². The topological polar surface area (TPSA) is 77.9 Å². The number of rotatable bonds is 9. The molecule has 1 aromatic heterocycles. The molecule has 0 atom stereocenters. The highest BCUT2D eigenvalue weighted by molar-refractivity contribution is 5.93. The van der Waals surface area contributed by atoms with Gasteiger partial charge in [-0.2, -0.15) is 5.10 Å². The molecule has 1 aliphatic rings. The molecule has 0 aliphatic carbocycles. The lowest BCUT2D eigenvalue weighted by Crippen LogP contribution is -2.38. The van der Waals surface area contributed by atoms with Crippen molar-refractivity contribution in [3.8, 4) is 22.8 Å². The maximum Gasteiger partial charge on any atom is 0.262 e. The van der Waals surface area contributed by atoms with Gasteiger partial charge in [-0.15, -0.1) is 0 Å². The third-order valence-corrected chi connectivity index (χ3v) is 5.66. The zero-order valence-corrected chi connectivity index (χ0v) is 19.7. The number of anilines is 1. The van der Waals surface area contributed by atoms with E-state index in [1.165, 1.54) is 0 Å². The fourth-order valence-electron chi connectivity index (χ4n) is 3.89. The van der Waals surface area contributed by atoms with Crippen LogP contribution >= 0.6 is 0 Å². The molecule has 1 fully saturated rings. The minimum atomic E-state index is -0.870. The van der Waals surface area contributed by atoms with Crippen molar-refractivity contribution in [1.29, 1.82) is 0 Å². The fraction of sp³-hybridized carbons (Fsp3) is 0.360. The summed E-state index contributed by atoms with van der Waals surface area (Å²) in [6.45, 7) is 6.03. The normalized spacial score (nSPS) is 14.1. The van der Waals surface area contributed by atoms with E-state index in [2.05, 4.69) is 15.3 Å². The van der Waals surface area contributed by atoms with Gasteiger partial charge in [0.25, 0.3) is 5.91 Å². The van der Waals surface area contributed by atoms with E-state index in [1.807, 2.05) is 20.0 Å². The van der Waals surface area contributed by atoms with E-state index in [9.17, 15) is 13.6 Å².